The zero-order valence-electron chi connectivity index (χ0n) is 23.6. The lowest BCUT2D eigenvalue weighted by Gasteiger charge is -2.32. The maximum Gasteiger partial charge on any atom is 0.0587 e. The van der Waals surface area contributed by atoms with Crippen molar-refractivity contribution in [2.24, 2.45) is 0 Å². The number of nitrogens with one attached hydrogen (secondary N) is 1. The molecule has 5 heteroatoms. The van der Waals surface area contributed by atoms with Crippen LogP contribution in [0.25, 0.3) is 0 Å². The van der Waals surface area contributed by atoms with Crippen molar-refractivity contribution in [1.29, 1.82) is 5.26 Å². The van der Waals surface area contributed by atoms with Crippen LogP contribution in [0.5, 0.6) is 0 Å². The van der Waals surface area contributed by atoms with Crippen LogP contribution in [-0.4, -0.2) is 60.8 Å². The molecule has 0 aromatic heterocycles. The Morgan fingerprint density at radius 3 is 2.06 bits per heavy atom. The molecule has 198 valence electrons. The van der Waals surface area contributed by atoms with Gasteiger partial charge in [0, 0.05) is 39.0 Å². The average Bonchev–Trinajstić information content (AvgIpc) is 3.40. The Morgan fingerprint density at radius 1 is 1.09 bits per heavy atom. The van der Waals surface area contributed by atoms with Gasteiger partial charge in [0.25, 0.3) is 0 Å². The molecule has 2 fully saturated rings. The summed E-state index contributed by atoms with van der Waals surface area (Å²) in [7, 11) is 0. The van der Waals surface area contributed by atoms with E-state index in [1.54, 1.807) is 6.07 Å². The maximum absolute atomic E-state index is 7.32. The third-order valence-corrected chi connectivity index (χ3v) is 5.56. The first-order valence-corrected chi connectivity index (χ1v) is 14.0. The fourth-order valence-corrected chi connectivity index (χ4v) is 3.66. The standard InChI is InChI=1S/C10H20N2S.C9H15N.C4H8.C2H3N.C2H6.C2H4/c1-13-12-8-5-10(9-12)11-6-3-2-4-7-11;1-3-5-6-7-9-10-8-4-2;1-3-4-2;1-2-3;2*1-2/h10H,2-9H2,1H3;1,6-7,10H,4-5,8-9H2,2H3;3-4H,1-2H3;1H3;1-2H3;1-2H2/b;7-6-;4-3-;;;. The van der Waals surface area contributed by atoms with Gasteiger partial charge in [-0.1, -0.05) is 63.4 Å². The van der Waals surface area contributed by atoms with Gasteiger partial charge in [-0.3, -0.25) is 4.90 Å². The molecule has 1 atom stereocenters. The van der Waals surface area contributed by atoms with Crippen molar-refractivity contribution in [1.82, 2.24) is 14.5 Å². The lowest BCUT2D eigenvalue weighted by molar-refractivity contribution is 0.170. The molecule has 1 unspecified atom stereocenters. The highest BCUT2D eigenvalue weighted by Gasteiger charge is 2.27. The number of nitriles is 1. The number of likely N-dealkylation sites (tertiary alicyclic amines) is 1. The summed E-state index contributed by atoms with van der Waals surface area (Å²) >= 11 is 1.91. The second kappa shape index (κ2) is 38.7. The average molecular weight is 493 g/mol. The van der Waals surface area contributed by atoms with Crippen molar-refractivity contribution in [2.45, 2.75) is 86.1 Å². The Kier molecular flexibility index (Phi) is 45.2. The van der Waals surface area contributed by atoms with Gasteiger partial charge in [-0.05, 0) is 65.4 Å². The highest BCUT2D eigenvalue weighted by molar-refractivity contribution is 7.96. The number of hydrogen-bond donors (Lipinski definition) is 1. The molecule has 0 aliphatic carbocycles. The van der Waals surface area contributed by atoms with E-state index in [1.807, 2.05) is 57.9 Å². The Labute approximate surface area is 219 Å². The third-order valence-electron chi connectivity index (χ3n) is 4.72. The fraction of sp³-hybridized carbons (Fsp3) is 0.690. The van der Waals surface area contributed by atoms with Crippen LogP contribution in [0.4, 0.5) is 0 Å². The molecule has 2 rings (SSSR count). The minimum atomic E-state index is 0.744. The molecule has 0 spiro atoms. The Balaban J connectivity index is -0.000000190. The molecule has 4 nitrogen and oxygen atoms in total. The monoisotopic (exact) mass is 492 g/mol. The number of nitrogens with zero attached hydrogens (tertiary/aromatic N) is 3. The SMILES string of the molecule is C#CC/C=C\CNCCC.C/C=C\C.C=C.CC.CC#N.CSN1CCC(N2CCCCC2)C1. The Hall–Kier alpha value is -1.50. The molecule has 0 aromatic rings. The molecule has 0 radical (unpaired) electrons. The van der Waals surface area contributed by atoms with Crippen molar-refractivity contribution in [3.05, 3.63) is 37.5 Å². The van der Waals surface area contributed by atoms with Gasteiger partial charge in [-0.25, -0.2) is 4.31 Å². The topological polar surface area (TPSA) is 42.3 Å². The second-order valence-electron chi connectivity index (χ2n) is 7.08. The summed E-state index contributed by atoms with van der Waals surface area (Å²) in [5, 5.41) is 10.6. The summed E-state index contributed by atoms with van der Waals surface area (Å²) in [5.74, 6) is 2.54. The van der Waals surface area contributed by atoms with E-state index in [0.29, 0.717) is 0 Å². The summed E-state index contributed by atoms with van der Waals surface area (Å²) in [5.41, 5.74) is 0. The third kappa shape index (κ3) is 30.5. The molecule has 0 amide bonds. The van der Waals surface area contributed by atoms with E-state index in [4.69, 9.17) is 11.7 Å². The van der Waals surface area contributed by atoms with E-state index in [-0.39, 0.29) is 0 Å². The number of allylic oxidation sites excluding steroid dienone is 3. The van der Waals surface area contributed by atoms with Gasteiger partial charge in [0.1, 0.15) is 0 Å². The smallest absolute Gasteiger partial charge is 0.0587 e. The van der Waals surface area contributed by atoms with Crippen molar-refractivity contribution in [3.63, 3.8) is 0 Å². The molecule has 2 aliphatic heterocycles. The van der Waals surface area contributed by atoms with E-state index in [2.05, 4.69) is 52.9 Å². The molecule has 0 aromatic carbocycles. The molecule has 2 saturated heterocycles. The summed E-state index contributed by atoms with van der Waals surface area (Å²) in [6.07, 6.45) is 22.9. The summed E-state index contributed by atoms with van der Waals surface area (Å²) in [4.78, 5) is 2.71. The van der Waals surface area contributed by atoms with Gasteiger partial charge < -0.3 is 5.32 Å². The van der Waals surface area contributed by atoms with Crippen LogP contribution in [0.1, 0.15) is 80.1 Å². The fourth-order valence-electron chi connectivity index (χ4n) is 3.05. The van der Waals surface area contributed by atoms with E-state index >= 15 is 0 Å². The van der Waals surface area contributed by atoms with Crippen LogP contribution in [0.3, 0.4) is 0 Å². The molecule has 1 N–H and O–H groups in total. The van der Waals surface area contributed by atoms with Crippen molar-refractivity contribution < 1.29 is 0 Å². The van der Waals surface area contributed by atoms with Gasteiger partial charge in [0.05, 0.1) is 6.07 Å². The lowest BCUT2D eigenvalue weighted by atomic mass is 10.1. The van der Waals surface area contributed by atoms with Crippen LogP contribution in [-0.2, 0) is 0 Å². The number of terminal acetylenes is 1. The van der Waals surface area contributed by atoms with Crippen molar-refractivity contribution >= 4 is 11.9 Å². The minimum absolute atomic E-state index is 0.744. The quantitative estimate of drug-likeness (QED) is 0.174. The van der Waals surface area contributed by atoms with E-state index in [9.17, 15) is 0 Å². The van der Waals surface area contributed by atoms with Crippen LogP contribution in [0, 0.1) is 23.7 Å². The zero-order valence-corrected chi connectivity index (χ0v) is 24.4. The van der Waals surface area contributed by atoms with Gasteiger partial charge in [0.15, 0.2) is 0 Å². The van der Waals surface area contributed by atoms with Crippen LogP contribution < -0.4 is 5.32 Å². The number of piperidine rings is 1. The van der Waals surface area contributed by atoms with Gasteiger partial charge in [0.2, 0.25) is 0 Å². The molecule has 0 bridgehead atoms. The molecule has 0 saturated carbocycles. The first-order chi connectivity index (χ1) is 16.6. The van der Waals surface area contributed by atoms with Crippen LogP contribution in [0.15, 0.2) is 37.5 Å². The first kappa shape index (κ1) is 39.7. The summed E-state index contributed by atoms with van der Waals surface area (Å²) in [6.45, 7) is 24.9. The number of hydrogen-bond acceptors (Lipinski definition) is 5. The van der Waals surface area contributed by atoms with Crippen molar-refractivity contribution in [2.75, 3.05) is 45.5 Å². The zero-order chi connectivity index (χ0) is 26.9. The summed E-state index contributed by atoms with van der Waals surface area (Å²) in [6, 6.07) is 2.62. The molecular formula is C29H56N4S. The summed E-state index contributed by atoms with van der Waals surface area (Å²) < 4.78 is 2.50. The minimum Gasteiger partial charge on any atom is -0.313 e. The van der Waals surface area contributed by atoms with E-state index in [1.165, 1.54) is 65.2 Å². The Morgan fingerprint density at radius 2 is 1.65 bits per heavy atom. The number of rotatable bonds is 7. The van der Waals surface area contributed by atoms with E-state index < -0.39 is 0 Å². The van der Waals surface area contributed by atoms with E-state index in [0.717, 1.165) is 25.6 Å². The van der Waals surface area contributed by atoms with Crippen molar-refractivity contribution in [3.8, 4) is 18.4 Å². The molecular weight excluding hydrogens is 436 g/mol. The Bertz CT molecular complexity index is 495. The molecule has 2 heterocycles. The second-order valence-corrected chi connectivity index (χ2v) is 7.97. The lowest BCUT2D eigenvalue weighted by Crippen LogP contribution is -2.40. The molecule has 34 heavy (non-hydrogen) atoms. The first-order valence-electron chi connectivity index (χ1n) is 12.8. The van der Waals surface area contributed by atoms with Crippen LogP contribution >= 0.6 is 11.9 Å². The highest BCUT2D eigenvalue weighted by Crippen LogP contribution is 2.23. The largest absolute Gasteiger partial charge is 0.313 e. The maximum atomic E-state index is 7.32. The highest BCUT2D eigenvalue weighted by atomic mass is 32.2. The predicted molar refractivity (Wildman–Crippen MR) is 159 cm³/mol. The predicted octanol–water partition coefficient (Wildman–Crippen LogP) is 7.33. The van der Waals surface area contributed by atoms with Gasteiger partial charge >= 0.3 is 0 Å². The molecule has 2 aliphatic rings. The van der Waals surface area contributed by atoms with Crippen LogP contribution in [0.2, 0.25) is 0 Å². The van der Waals surface area contributed by atoms with Gasteiger partial charge in [-0.15, -0.1) is 25.5 Å². The van der Waals surface area contributed by atoms with Gasteiger partial charge in [-0.2, -0.15) is 5.26 Å². The normalized spacial score (nSPS) is 17.0.